The molecular weight excluding hydrogens is 302 g/mol. The molecule has 4 rings (SSSR count). The lowest BCUT2D eigenvalue weighted by molar-refractivity contribution is -0.122. The molecule has 1 aromatic heterocycles. The van der Waals surface area contributed by atoms with Crippen molar-refractivity contribution >= 4 is 22.6 Å². The first-order valence-electron chi connectivity index (χ1n) is 8.22. The summed E-state index contributed by atoms with van der Waals surface area (Å²) < 4.78 is 7.34. The van der Waals surface area contributed by atoms with Gasteiger partial charge in [0.15, 0.2) is 0 Å². The number of imidazole rings is 1. The van der Waals surface area contributed by atoms with Crippen molar-refractivity contribution in [2.24, 2.45) is 5.92 Å². The molecule has 0 bridgehead atoms. The van der Waals surface area contributed by atoms with E-state index in [-0.39, 0.29) is 11.8 Å². The summed E-state index contributed by atoms with van der Waals surface area (Å²) in [6, 6.07) is 15.9. The van der Waals surface area contributed by atoms with Crippen molar-refractivity contribution in [3.8, 4) is 5.69 Å². The zero-order valence-corrected chi connectivity index (χ0v) is 13.3. The number of ether oxygens (including phenoxy) is 1. The molecule has 0 unspecified atom stereocenters. The van der Waals surface area contributed by atoms with Gasteiger partial charge >= 0.3 is 0 Å². The van der Waals surface area contributed by atoms with Crippen LogP contribution < -0.4 is 5.32 Å². The van der Waals surface area contributed by atoms with Crippen molar-refractivity contribution in [3.63, 3.8) is 0 Å². The van der Waals surface area contributed by atoms with Gasteiger partial charge in [-0.1, -0.05) is 12.1 Å². The molecule has 5 heteroatoms. The van der Waals surface area contributed by atoms with Gasteiger partial charge < -0.3 is 10.1 Å². The summed E-state index contributed by atoms with van der Waals surface area (Å²) >= 11 is 0. The molecule has 122 valence electrons. The summed E-state index contributed by atoms with van der Waals surface area (Å²) in [5, 5.41) is 3.00. The van der Waals surface area contributed by atoms with E-state index in [0.29, 0.717) is 13.2 Å². The number of nitrogens with one attached hydrogen (secondary N) is 1. The maximum absolute atomic E-state index is 12.3. The van der Waals surface area contributed by atoms with Crippen LogP contribution in [0.3, 0.4) is 0 Å². The summed E-state index contributed by atoms with van der Waals surface area (Å²) in [4.78, 5) is 16.7. The van der Waals surface area contributed by atoms with E-state index in [0.717, 1.165) is 35.2 Å². The van der Waals surface area contributed by atoms with E-state index in [1.54, 1.807) is 0 Å². The molecule has 1 N–H and O–H groups in total. The normalized spacial score (nSPS) is 15.5. The van der Waals surface area contributed by atoms with Crippen molar-refractivity contribution in [3.05, 3.63) is 54.9 Å². The smallest absolute Gasteiger partial charge is 0.227 e. The maximum atomic E-state index is 12.3. The molecule has 1 aliphatic rings. The first-order valence-corrected chi connectivity index (χ1v) is 8.22. The molecule has 24 heavy (non-hydrogen) atoms. The molecule has 1 aliphatic heterocycles. The molecule has 3 aromatic rings. The lowest BCUT2D eigenvalue weighted by atomic mass is 9.99. The first-order chi connectivity index (χ1) is 11.8. The molecule has 2 aromatic carbocycles. The van der Waals surface area contributed by atoms with Gasteiger partial charge in [-0.15, -0.1) is 0 Å². The minimum Gasteiger partial charge on any atom is -0.381 e. The monoisotopic (exact) mass is 321 g/mol. The summed E-state index contributed by atoms with van der Waals surface area (Å²) in [7, 11) is 0. The second kappa shape index (κ2) is 6.45. The topological polar surface area (TPSA) is 56.2 Å². The average molecular weight is 321 g/mol. The number of hydrogen-bond acceptors (Lipinski definition) is 3. The zero-order valence-electron chi connectivity index (χ0n) is 13.3. The van der Waals surface area contributed by atoms with E-state index in [1.165, 1.54) is 0 Å². The first kappa shape index (κ1) is 14.9. The minimum absolute atomic E-state index is 0.0519. The Morgan fingerprint density at radius 1 is 1.08 bits per heavy atom. The molecule has 1 amide bonds. The van der Waals surface area contributed by atoms with Gasteiger partial charge in [-0.05, 0) is 49.2 Å². The number of aromatic nitrogens is 2. The second-order valence-electron chi connectivity index (χ2n) is 6.03. The number of para-hydroxylation sites is 2. The number of fused-ring (bicyclic) bond motifs is 1. The van der Waals surface area contributed by atoms with Gasteiger partial charge in [0, 0.05) is 30.5 Å². The number of anilines is 1. The van der Waals surface area contributed by atoms with E-state index >= 15 is 0 Å². The summed E-state index contributed by atoms with van der Waals surface area (Å²) in [6.45, 7) is 1.34. The number of nitrogens with zero attached hydrogens (tertiary/aromatic N) is 2. The lowest BCUT2D eigenvalue weighted by Crippen LogP contribution is -2.28. The SMILES string of the molecule is O=C(Nc1ccc(-n2cnc3ccccc32)cc1)C1CCOCC1. The third-order valence-corrected chi connectivity index (χ3v) is 4.46. The Hall–Kier alpha value is -2.66. The van der Waals surface area contributed by atoms with E-state index in [2.05, 4.69) is 10.3 Å². The van der Waals surface area contributed by atoms with Gasteiger partial charge in [0.05, 0.1) is 11.0 Å². The van der Waals surface area contributed by atoms with Crippen LogP contribution in [0.15, 0.2) is 54.9 Å². The molecule has 2 heterocycles. The van der Waals surface area contributed by atoms with Crippen LogP contribution in [0, 0.1) is 5.92 Å². The Labute approximate surface area is 140 Å². The van der Waals surface area contributed by atoms with Crippen molar-refractivity contribution in [1.82, 2.24) is 9.55 Å². The zero-order chi connectivity index (χ0) is 16.4. The molecule has 5 nitrogen and oxygen atoms in total. The summed E-state index contributed by atoms with van der Waals surface area (Å²) in [5.74, 6) is 0.134. The highest BCUT2D eigenvalue weighted by Crippen LogP contribution is 2.21. The fourth-order valence-electron chi connectivity index (χ4n) is 3.07. The van der Waals surface area contributed by atoms with Crippen LogP contribution in [0.1, 0.15) is 12.8 Å². The van der Waals surface area contributed by atoms with Crippen LogP contribution in [-0.2, 0) is 9.53 Å². The fraction of sp³-hybridized carbons (Fsp3) is 0.263. The van der Waals surface area contributed by atoms with Crippen LogP contribution in [0.25, 0.3) is 16.7 Å². The van der Waals surface area contributed by atoms with E-state index in [4.69, 9.17) is 4.74 Å². The van der Waals surface area contributed by atoms with E-state index in [1.807, 2.05) is 59.4 Å². The Morgan fingerprint density at radius 2 is 1.83 bits per heavy atom. The van der Waals surface area contributed by atoms with E-state index in [9.17, 15) is 4.79 Å². The Balaban J connectivity index is 1.51. The van der Waals surface area contributed by atoms with Gasteiger partial charge in [0.25, 0.3) is 0 Å². The van der Waals surface area contributed by atoms with Gasteiger partial charge in [-0.25, -0.2) is 4.98 Å². The van der Waals surface area contributed by atoms with Crippen LogP contribution in [-0.4, -0.2) is 28.7 Å². The Kier molecular flexibility index (Phi) is 4.01. The fourth-order valence-corrected chi connectivity index (χ4v) is 3.07. The Morgan fingerprint density at radius 3 is 2.62 bits per heavy atom. The molecule has 0 aliphatic carbocycles. The minimum atomic E-state index is 0.0519. The van der Waals surface area contributed by atoms with Crippen LogP contribution in [0.4, 0.5) is 5.69 Å². The van der Waals surface area contributed by atoms with Crippen molar-refractivity contribution in [2.75, 3.05) is 18.5 Å². The quantitative estimate of drug-likeness (QED) is 0.804. The maximum Gasteiger partial charge on any atom is 0.227 e. The number of benzene rings is 2. The molecule has 0 atom stereocenters. The molecule has 0 radical (unpaired) electrons. The third-order valence-electron chi connectivity index (χ3n) is 4.46. The van der Waals surface area contributed by atoms with Crippen molar-refractivity contribution < 1.29 is 9.53 Å². The van der Waals surface area contributed by atoms with E-state index < -0.39 is 0 Å². The number of amides is 1. The predicted octanol–water partition coefficient (Wildman–Crippen LogP) is 3.39. The van der Waals surface area contributed by atoms with Crippen LogP contribution >= 0.6 is 0 Å². The number of hydrogen-bond donors (Lipinski definition) is 1. The molecule has 1 fully saturated rings. The van der Waals surface area contributed by atoms with Crippen LogP contribution in [0.2, 0.25) is 0 Å². The van der Waals surface area contributed by atoms with Gasteiger partial charge in [-0.3, -0.25) is 9.36 Å². The lowest BCUT2D eigenvalue weighted by Gasteiger charge is -2.21. The highest BCUT2D eigenvalue weighted by molar-refractivity contribution is 5.92. The largest absolute Gasteiger partial charge is 0.381 e. The van der Waals surface area contributed by atoms with Crippen molar-refractivity contribution in [2.45, 2.75) is 12.8 Å². The Bertz CT molecular complexity index is 848. The number of carbonyl (C=O) groups excluding carboxylic acids is 1. The van der Waals surface area contributed by atoms with Crippen LogP contribution in [0.5, 0.6) is 0 Å². The van der Waals surface area contributed by atoms with Gasteiger partial charge in [0.2, 0.25) is 5.91 Å². The second-order valence-corrected chi connectivity index (χ2v) is 6.03. The standard InChI is InChI=1S/C19H19N3O2/c23-19(14-9-11-24-12-10-14)21-15-5-7-16(8-6-15)22-13-20-17-3-1-2-4-18(17)22/h1-8,13-14H,9-12H2,(H,21,23). The molecule has 0 spiro atoms. The molecular formula is C19H19N3O2. The summed E-state index contributed by atoms with van der Waals surface area (Å²) in [5.41, 5.74) is 3.87. The highest BCUT2D eigenvalue weighted by atomic mass is 16.5. The van der Waals surface area contributed by atoms with Crippen molar-refractivity contribution in [1.29, 1.82) is 0 Å². The number of carbonyl (C=O) groups is 1. The van der Waals surface area contributed by atoms with Gasteiger partial charge in [-0.2, -0.15) is 0 Å². The summed E-state index contributed by atoms with van der Waals surface area (Å²) in [6.07, 6.45) is 3.41. The van der Waals surface area contributed by atoms with Gasteiger partial charge in [0.1, 0.15) is 6.33 Å². The average Bonchev–Trinajstić information content (AvgIpc) is 3.07. The number of rotatable bonds is 3. The molecule has 1 saturated heterocycles. The third kappa shape index (κ3) is 2.90. The highest BCUT2D eigenvalue weighted by Gasteiger charge is 2.21. The molecule has 0 saturated carbocycles. The predicted molar refractivity (Wildman–Crippen MR) is 93.2 cm³/mol.